The number of hydrogen-bond donors (Lipinski definition) is 1. The zero-order chi connectivity index (χ0) is 13.2. The number of hydrogen-bond acceptors (Lipinski definition) is 4. The number of likely N-dealkylation sites (tertiary alicyclic amines) is 1. The molecule has 3 rings (SSSR count). The van der Waals surface area contributed by atoms with E-state index in [2.05, 4.69) is 27.2 Å². The van der Waals surface area contributed by atoms with Crippen molar-refractivity contribution in [3.63, 3.8) is 0 Å². The number of fused-ring (bicyclic) bond motifs is 1. The van der Waals surface area contributed by atoms with E-state index in [-0.39, 0.29) is 5.82 Å². The normalized spacial score (nSPS) is 18.0. The average Bonchev–Trinajstić information content (AvgIpc) is 3.04. The number of nitrogens with one attached hydrogen (secondary N) is 1. The Bertz CT molecular complexity index is 561. The minimum atomic E-state index is -0.311. The van der Waals surface area contributed by atoms with E-state index in [4.69, 9.17) is 0 Å². The van der Waals surface area contributed by atoms with Crippen LogP contribution >= 0.6 is 0 Å². The maximum absolute atomic E-state index is 13.0. The fraction of sp³-hybridized carbons (Fsp3) is 0.538. The molecule has 2 aromatic rings. The van der Waals surface area contributed by atoms with Crippen molar-refractivity contribution in [2.24, 2.45) is 0 Å². The van der Waals surface area contributed by atoms with E-state index in [1.165, 1.54) is 42.7 Å². The molecule has 5 nitrogen and oxygen atoms in total. The highest BCUT2D eigenvalue weighted by atomic mass is 19.1. The van der Waals surface area contributed by atoms with E-state index in [1.807, 2.05) is 0 Å². The maximum Gasteiger partial charge on any atom is 0.243 e. The minimum absolute atomic E-state index is 0.311. The molecule has 19 heavy (non-hydrogen) atoms. The van der Waals surface area contributed by atoms with E-state index in [0.29, 0.717) is 17.6 Å². The van der Waals surface area contributed by atoms with Gasteiger partial charge in [0.25, 0.3) is 0 Å². The first kappa shape index (κ1) is 12.3. The van der Waals surface area contributed by atoms with Crippen molar-refractivity contribution in [3.05, 3.63) is 24.1 Å². The highest BCUT2D eigenvalue weighted by molar-refractivity contribution is 5.43. The topological polar surface area (TPSA) is 45.5 Å². The van der Waals surface area contributed by atoms with Gasteiger partial charge in [-0.05, 0) is 45.0 Å². The van der Waals surface area contributed by atoms with Crippen molar-refractivity contribution >= 4 is 11.6 Å². The van der Waals surface area contributed by atoms with Crippen LogP contribution in [0.15, 0.2) is 18.3 Å². The quantitative estimate of drug-likeness (QED) is 0.913. The van der Waals surface area contributed by atoms with Crippen LogP contribution in [0.3, 0.4) is 0 Å². The molecule has 1 aliphatic heterocycles. The van der Waals surface area contributed by atoms with Crippen molar-refractivity contribution < 1.29 is 4.39 Å². The smallest absolute Gasteiger partial charge is 0.243 e. The molecular weight excluding hydrogens is 245 g/mol. The molecule has 0 radical (unpaired) electrons. The van der Waals surface area contributed by atoms with Gasteiger partial charge in [0.1, 0.15) is 5.82 Å². The molecule has 102 valence electrons. The summed E-state index contributed by atoms with van der Waals surface area (Å²) in [5.41, 5.74) is 0.651. The summed E-state index contributed by atoms with van der Waals surface area (Å²) >= 11 is 0. The van der Waals surface area contributed by atoms with Crippen molar-refractivity contribution in [1.29, 1.82) is 0 Å². The molecule has 2 aromatic heterocycles. The Hall–Kier alpha value is -1.69. The fourth-order valence-electron chi connectivity index (χ4n) is 2.48. The van der Waals surface area contributed by atoms with Gasteiger partial charge in [0, 0.05) is 12.6 Å². The van der Waals surface area contributed by atoms with Gasteiger partial charge < -0.3 is 5.32 Å². The van der Waals surface area contributed by atoms with Crippen LogP contribution in [0.1, 0.15) is 19.8 Å². The van der Waals surface area contributed by atoms with E-state index in [9.17, 15) is 4.39 Å². The molecule has 3 heterocycles. The van der Waals surface area contributed by atoms with E-state index in [1.54, 1.807) is 6.07 Å². The minimum Gasteiger partial charge on any atom is -0.351 e. The number of rotatable bonds is 4. The lowest BCUT2D eigenvalue weighted by atomic mass is 10.3. The SMILES string of the molecule is CC(CNc1nc2ccc(F)cn2n1)N1CCCC1. The van der Waals surface area contributed by atoms with Gasteiger partial charge in [-0.15, -0.1) is 5.10 Å². The third-order valence-corrected chi connectivity index (χ3v) is 3.61. The van der Waals surface area contributed by atoms with Gasteiger partial charge in [-0.3, -0.25) is 4.90 Å². The Morgan fingerprint density at radius 3 is 2.95 bits per heavy atom. The van der Waals surface area contributed by atoms with E-state index in [0.717, 1.165) is 6.54 Å². The van der Waals surface area contributed by atoms with Gasteiger partial charge in [0.2, 0.25) is 5.95 Å². The highest BCUT2D eigenvalue weighted by Crippen LogP contribution is 2.12. The van der Waals surface area contributed by atoms with Crippen LogP contribution in [0.4, 0.5) is 10.3 Å². The molecule has 1 atom stereocenters. The van der Waals surface area contributed by atoms with Gasteiger partial charge in [0.05, 0.1) is 6.20 Å². The van der Waals surface area contributed by atoms with Crippen LogP contribution in [0.2, 0.25) is 0 Å². The molecule has 0 aliphatic carbocycles. The standard InChI is InChI=1S/C13H18FN5/c1-10(18-6-2-3-7-18)8-15-13-16-12-5-4-11(14)9-19(12)17-13/h4-5,9-10H,2-3,6-8H2,1H3,(H,15,17). The van der Waals surface area contributed by atoms with Crippen molar-refractivity contribution in [2.75, 3.05) is 25.0 Å². The first-order chi connectivity index (χ1) is 9.22. The van der Waals surface area contributed by atoms with Crippen LogP contribution in [-0.4, -0.2) is 45.2 Å². The van der Waals surface area contributed by atoms with Gasteiger partial charge in [-0.2, -0.15) is 4.98 Å². The Morgan fingerprint density at radius 2 is 2.16 bits per heavy atom. The second-order valence-electron chi connectivity index (χ2n) is 5.06. The molecule has 1 N–H and O–H groups in total. The average molecular weight is 263 g/mol. The lowest BCUT2D eigenvalue weighted by Crippen LogP contribution is -2.35. The zero-order valence-corrected chi connectivity index (χ0v) is 11.0. The third kappa shape index (κ3) is 2.68. The third-order valence-electron chi connectivity index (χ3n) is 3.61. The van der Waals surface area contributed by atoms with Crippen LogP contribution in [-0.2, 0) is 0 Å². The highest BCUT2D eigenvalue weighted by Gasteiger charge is 2.18. The molecule has 0 saturated carbocycles. The number of pyridine rings is 1. The van der Waals surface area contributed by atoms with Crippen LogP contribution in [0.5, 0.6) is 0 Å². The first-order valence-electron chi connectivity index (χ1n) is 6.72. The van der Waals surface area contributed by atoms with Crippen LogP contribution < -0.4 is 5.32 Å². The Morgan fingerprint density at radius 1 is 1.37 bits per heavy atom. The van der Waals surface area contributed by atoms with Gasteiger partial charge in [-0.25, -0.2) is 8.91 Å². The summed E-state index contributed by atoms with van der Waals surface area (Å²) in [7, 11) is 0. The molecule has 1 unspecified atom stereocenters. The molecular formula is C13H18FN5. The number of aromatic nitrogens is 3. The van der Waals surface area contributed by atoms with Gasteiger partial charge >= 0.3 is 0 Å². The van der Waals surface area contributed by atoms with Crippen LogP contribution in [0, 0.1) is 5.82 Å². The summed E-state index contributed by atoms with van der Waals surface area (Å²) in [6.45, 7) is 5.35. The molecule has 0 spiro atoms. The molecule has 0 bridgehead atoms. The molecule has 1 fully saturated rings. The number of anilines is 1. The Balaban J connectivity index is 1.64. The second kappa shape index (κ2) is 5.13. The summed E-state index contributed by atoms with van der Waals surface area (Å²) in [6, 6.07) is 3.48. The van der Waals surface area contributed by atoms with Crippen molar-refractivity contribution in [1.82, 2.24) is 19.5 Å². The van der Waals surface area contributed by atoms with Crippen LogP contribution in [0.25, 0.3) is 5.65 Å². The second-order valence-corrected chi connectivity index (χ2v) is 5.06. The van der Waals surface area contributed by atoms with E-state index < -0.39 is 0 Å². The zero-order valence-electron chi connectivity index (χ0n) is 11.0. The van der Waals surface area contributed by atoms with Gasteiger partial charge in [0.15, 0.2) is 5.65 Å². The summed E-state index contributed by atoms with van der Waals surface area (Å²) in [4.78, 5) is 6.77. The fourth-order valence-corrected chi connectivity index (χ4v) is 2.48. The number of nitrogens with zero attached hydrogens (tertiary/aromatic N) is 4. The lowest BCUT2D eigenvalue weighted by molar-refractivity contribution is 0.269. The predicted molar refractivity (Wildman–Crippen MR) is 71.7 cm³/mol. The molecule has 0 amide bonds. The monoisotopic (exact) mass is 263 g/mol. The van der Waals surface area contributed by atoms with Crippen molar-refractivity contribution in [3.8, 4) is 0 Å². The predicted octanol–water partition coefficient (Wildman–Crippen LogP) is 1.76. The Kier molecular flexibility index (Phi) is 3.33. The summed E-state index contributed by atoms with van der Waals surface area (Å²) in [6.07, 6.45) is 3.91. The maximum atomic E-state index is 13.0. The molecule has 0 aromatic carbocycles. The number of halogens is 1. The molecule has 1 aliphatic rings. The summed E-state index contributed by atoms with van der Waals surface area (Å²) in [5, 5.41) is 7.43. The molecule has 6 heteroatoms. The summed E-state index contributed by atoms with van der Waals surface area (Å²) in [5.74, 6) is 0.242. The van der Waals surface area contributed by atoms with Crippen molar-refractivity contribution in [2.45, 2.75) is 25.8 Å². The first-order valence-corrected chi connectivity index (χ1v) is 6.72. The largest absolute Gasteiger partial charge is 0.351 e. The lowest BCUT2D eigenvalue weighted by Gasteiger charge is -2.23. The summed E-state index contributed by atoms with van der Waals surface area (Å²) < 4.78 is 14.5. The van der Waals surface area contributed by atoms with E-state index >= 15 is 0 Å². The molecule has 1 saturated heterocycles. The van der Waals surface area contributed by atoms with Gasteiger partial charge in [-0.1, -0.05) is 0 Å². The Labute approximate surface area is 111 Å².